The predicted molar refractivity (Wildman–Crippen MR) is 108 cm³/mol. The lowest BCUT2D eigenvalue weighted by atomic mass is 9.92. The number of nitrogens with zero attached hydrogens (tertiary/aromatic N) is 2. The van der Waals surface area contributed by atoms with Gasteiger partial charge >= 0.3 is 0 Å². The SMILES string of the molecule is CCNC(=O)C(C)(C)CNC(=NC)NCC1CCCN1CC.I. The second kappa shape index (κ2) is 11.1. The first-order valence-electron chi connectivity index (χ1n) is 8.41. The lowest BCUT2D eigenvalue weighted by Gasteiger charge is -2.26. The van der Waals surface area contributed by atoms with E-state index < -0.39 is 5.41 Å². The molecule has 0 spiro atoms. The van der Waals surface area contributed by atoms with Crippen molar-refractivity contribution in [2.75, 3.05) is 39.8 Å². The highest BCUT2D eigenvalue weighted by molar-refractivity contribution is 14.0. The van der Waals surface area contributed by atoms with Crippen LogP contribution in [0.2, 0.25) is 0 Å². The third-order valence-corrected chi connectivity index (χ3v) is 4.28. The molecule has 0 bridgehead atoms. The van der Waals surface area contributed by atoms with Crippen molar-refractivity contribution in [3.63, 3.8) is 0 Å². The Balaban J connectivity index is 0.00000484. The summed E-state index contributed by atoms with van der Waals surface area (Å²) in [6.45, 7) is 12.4. The van der Waals surface area contributed by atoms with E-state index >= 15 is 0 Å². The van der Waals surface area contributed by atoms with Gasteiger partial charge in [-0.05, 0) is 46.7 Å². The standard InChI is InChI=1S/C16H33N5O.HI/c1-6-18-14(22)16(3,4)12-20-15(17-5)19-11-13-9-8-10-21(13)7-2;/h13H,6-12H2,1-5H3,(H,18,22)(H2,17,19,20);1H. The van der Waals surface area contributed by atoms with E-state index in [-0.39, 0.29) is 29.9 Å². The second-order valence-electron chi connectivity index (χ2n) is 6.47. The van der Waals surface area contributed by atoms with Gasteiger partial charge in [-0.1, -0.05) is 6.92 Å². The van der Waals surface area contributed by atoms with E-state index in [2.05, 4.69) is 32.8 Å². The summed E-state index contributed by atoms with van der Waals surface area (Å²) in [5.41, 5.74) is -0.462. The summed E-state index contributed by atoms with van der Waals surface area (Å²) in [5, 5.41) is 9.52. The molecule has 0 radical (unpaired) electrons. The summed E-state index contributed by atoms with van der Waals surface area (Å²) in [6, 6.07) is 0.583. The van der Waals surface area contributed by atoms with Crippen LogP contribution in [0.4, 0.5) is 0 Å². The molecule has 1 rings (SSSR count). The van der Waals surface area contributed by atoms with E-state index in [0.29, 0.717) is 19.1 Å². The normalized spacial score (nSPS) is 19.2. The molecule has 0 aromatic rings. The number of hydrogen-bond acceptors (Lipinski definition) is 3. The molecule has 1 amide bonds. The van der Waals surface area contributed by atoms with Gasteiger partial charge in [-0.25, -0.2) is 0 Å². The van der Waals surface area contributed by atoms with Crippen LogP contribution < -0.4 is 16.0 Å². The van der Waals surface area contributed by atoms with Crippen molar-refractivity contribution in [1.29, 1.82) is 0 Å². The first-order chi connectivity index (χ1) is 10.4. The van der Waals surface area contributed by atoms with Gasteiger partial charge in [-0.3, -0.25) is 14.7 Å². The van der Waals surface area contributed by atoms with E-state index in [4.69, 9.17) is 0 Å². The van der Waals surface area contributed by atoms with Crippen LogP contribution in [-0.2, 0) is 4.79 Å². The molecule has 7 heteroatoms. The fourth-order valence-corrected chi connectivity index (χ4v) is 2.76. The highest BCUT2D eigenvalue weighted by atomic mass is 127. The minimum Gasteiger partial charge on any atom is -0.356 e. The summed E-state index contributed by atoms with van der Waals surface area (Å²) in [5.74, 6) is 0.825. The molecule has 1 heterocycles. The van der Waals surface area contributed by atoms with Crippen LogP contribution in [0.3, 0.4) is 0 Å². The van der Waals surface area contributed by atoms with Crippen molar-refractivity contribution in [3.8, 4) is 0 Å². The average molecular weight is 439 g/mol. The fourth-order valence-electron chi connectivity index (χ4n) is 2.76. The van der Waals surface area contributed by atoms with Crippen LogP contribution in [0, 0.1) is 5.41 Å². The van der Waals surface area contributed by atoms with E-state index in [1.807, 2.05) is 20.8 Å². The van der Waals surface area contributed by atoms with Crippen molar-refractivity contribution in [2.45, 2.75) is 46.6 Å². The van der Waals surface area contributed by atoms with Crippen molar-refractivity contribution < 1.29 is 4.79 Å². The Morgan fingerprint density at radius 3 is 2.52 bits per heavy atom. The van der Waals surface area contributed by atoms with Gasteiger partial charge in [0.15, 0.2) is 5.96 Å². The maximum absolute atomic E-state index is 12.0. The summed E-state index contributed by atoms with van der Waals surface area (Å²) >= 11 is 0. The largest absolute Gasteiger partial charge is 0.356 e. The van der Waals surface area contributed by atoms with E-state index in [0.717, 1.165) is 19.0 Å². The molecule has 1 aliphatic heterocycles. The van der Waals surface area contributed by atoms with Crippen LogP contribution in [-0.4, -0.2) is 62.6 Å². The number of amides is 1. The number of hydrogen-bond donors (Lipinski definition) is 3. The molecule has 1 aliphatic rings. The summed E-state index contributed by atoms with van der Waals surface area (Å²) in [7, 11) is 1.76. The van der Waals surface area contributed by atoms with E-state index in [1.54, 1.807) is 7.05 Å². The maximum Gasteiger partial charge on any atom is 0.227 e. The number of carbonyl (C=O) groups excluding carboxylic acids is 1. The molecule has 0 aliphatic carbocycles. The summed E-state index contributed by atoms with van der Waals surface area (Å²) in [6.07, 6.45) is 2.51. The number of aliphatic imine (C=N–C) groups is 1. The van der Waals surface area contributed by atoms with Crippen LogP contribution in [0.5, 0.6) is 0 Å². The Hall–Kier alpha value is -0.570. The second-order valence-corrected chi connectivity index (χ2v) is 6.47. The monoisotopic (exact) mass is 439 g/mol. The smallest absolute Gasteiger partial charge is 0.227 e. The third kappa shape index (κ3) is 7.24. The van der Waals surface area contributed by atoms with Crippen LogP contribution in [0.1, 0.15) is 40.5 Å². The number of nitrogens with one attached hydrogen (secondary N) is 3. The maximum atomic E-state index is 12.0. The van der Waals surface area contributed by atoms with Crippen LogP contribution >= 0.6 is 24.0 Å². The van der Waals surface area contributed by atoms with Gasteiger partial charge in [0.25, 0.3) is 0 Å². The molecule has 6 nitrogen and oxygen atoms in total. The molecule has 1 fully saturated rings. The molecule has 0 aromatic heterocycles. The molecule has 1 unspecified atom stereocenters. The van der Waals surface area contributed by atoms with Gasteiger partial charge in [-0.2, -0.15) is 0 Å². The zero-order valence-electron chi connectivity index (χ0n) is 15.2. The van der Waals surface area contributed by atoms with E-state index in [1.165, 1.54) is 19.4 Å². The number of guanidine groups is 1. The molecule has 1 atom stereocenters. The van der Waals surface area contributed by atoms with Crippen LogP contribution in [0.15, 0.2) is 4.99 Å². The average Bonchev–Trinajstić information content (AvgIpc) is 2.95. The van der Waals surface area contributed by atoms with Gasteiger partial charge in [-0.15, -0.1) is 24.0 Å². The molecule has 23 heavy (non-hydrogen) atoms. The first kappa shape index (κ1) is 22.4. The number of likely N-dealkylation sites (tertiary alicyclic amines) is 1. The number of rotatable bonds is 7. The Kier molecular flexibility index (Phi) is 10.8. The van der Waals surface area contributed by atoms with Crippen molar-refractivity contribution in [2.24, 2.45) is 10.4 Å². The van der Waals surface area contributed by atoms with Crippen LogP contribution in [0.25, 0.3) is 0 Å². The number of carbonyl (C=O) groups is 1. The lowest BCUT2D eigenvalue weighted by Crippen LogP contribution is -2.49. The third-order valence-electron chi connectivity index (χ3n) is 4.28. The van der Waals surface area contributed by atoms with Crippen molar-refractivity contribution >= 4 is 35.8 Å². The van der Waals surface area contributed by atoms with Crippen molar-refractivity contribution in [1.82, 2.24) is 20.9 Å². The zero-order valence-corrected chi connectivity index (χ0v) is 17.6. The lowest BCUT2D eigenvalue weighted by molar-refractivity contribution is -0.128. The highest BCUT2D eigenvalue weighted by Gasteiger charge is 2.27. The fraction of sp³-hybridized carbons (Fsp3) is 0.875. The first-order valence-corrected chi connectivity index (χ1v) is 8.41. The Bertz CT molecular complexity index is 387. The number of halogens is 1. The molecule has 0 aromatic carbocycles. The van der Waals surface area contributed by atoms with E-state index in [9.17, 15) is 4.79 Å². The Morgan fingerprint density at radius 1 is 1.26 bits per heavy atom. The molecule has 136 valence electrons. The molecular weight excluding hydrogens is 405 g/mol. The topological polar surface area (TPSA) is 68.8 Å². The molecule has 3 N–H and O–H groups in total. The minimum atomic E-state index is -0.462. The highest BCUT2D eigenvalue weighted by Crippen LogP contribution is 2.16. The van der Waals surface area contributed by atoms with Gasteiger partial charge in [0.1, 0.15) is 0 Å². The molecule has 1 saturated heterocycles. The van der Waals surface area contributed by atoms with Crippen molar-refractivity contribution in [3.05, 3.63) is 0 Å². The zero-order chi connectivity index (χ0) is 16.6. The van der Waals surface area contributed by atoms with Gasteiger partial charge < -0.3 is 16.0 Å². The Labute approximate surface area is 158 Å². The Morgan fingerprint density at radius 2 is 1.96 bits per heavy atom. The van der Waals surface area contributed by atoms with Gasteiger partial charge in [0, 0.05) is 32.7 Å². The number of likely N-dealkylation sites (N-methyl/N-ethyl adjacent to an activating group) is 1. The predicted octanol–water partition coefficient (Wildman–Crippen LogP) is 1.42. The molecule has 0 saturated carbocycles. The minimum absolute atomic E-state index is 0. The summed E-state index contributed by atoms with van der Waals surface area (Å²) < 4.78 is 0. The molecular formula is C16H34IN5O. The van der Waals surface area contributed by atoms with Gasteiger partial charge in [0.05, 0.1) is 5.41 Å². The quantitative estimate of drug-likeness (QED) is 0.319. The summed E-state index contributed by atoms with van der Waals surface area (Å²) in [4.78, 5) is 18.7. The van der Waals surface area contributed by atoms with Gasteiger partial charge in [0.2, 0.25) is 5.91 Å².